The van der Waals surface area contributed by atoms with E-state index in [-0.39, 0.29) is 24.6 Å². The molecule has 1 aromatic rings. The van der Waals surface area contributed by atoms with Crippen LogP contribution in [-0.4, -0.2) is 18.5 Å². The average molecular weight is 300 g/mol. The van der Waals surface area contributed by atoms with Gasteiger partial charge in [-0.1, -0.05) is 23.7 Å². The number of esters is 1. The van der Waals surface area contributed by atoms with Gasteiger partial charge in [0.15, 0.2) is 0 Å². The zero-order valence-corrected chi connectivity index (χ0v) is 11.1. The maximum Gasteiger partial charge on any atom is 0.379 e. The lowest BCUT2D eigenvalue weighted by molar-refractivity contribution is -0.174. The second-order valence-corrected chi connectivity index (χ2v) is 3.81. The second kappa shape index (κ2) is 6.87. The molecule has 7 heteroatoms. The standard InChI is InChI=1S/C11H12ClF2NO2.ClH/c1-2-17-10(16)11(13,14)9(15)7-3-5-8(12)6-4-7;/h3-6,9H,2,15H2,1H3;1H/t9-;/m1./s1. The number of ether oxygens (including phenoxy) is 1. The summed E-state index contributed by atoms with van der Waals surface area (Å²) in [4.78, 5) is 11.1. The van der Waals surface area contributed by atoms with Gasteiger partial charge in [-0.05, 0) is 24.6 Å². The molecule has 0 aliphatic carbocycles. The van der Waals surface area contributed by atoms with Crippen molar-refractivity contribution < 1.29 is 18.3 Å². The second-order valence-electron chi connectivity index (χ2n) is 3.37. The molecule has 1 atom stereocenters. The van der Waals surface area contributed by atoms with Gasteiger partial charge in [0.05, 0.1) is 6.61 Å². The average Bonchev–Trinajstić information content (AvgIpc) is 2.29. The number of alkyl halides is 2. The minimum atomic E-state index is -3.76. The van der Waals surface area contributed by atoms with Crippen LogP contribution in [0.25, 0.3) is 0 Å². The number of carbonyl (C=O) groups excluding carboxylic acids is 1. The van der Waals surface area contributed by atoms with E-state index >= 15 is 0 Å². The molecule has 0 saturated heterocycles. The predicted molar refractivity (Wildman–Crippen MR) is 67.2 cm³/mol. The number of benzene rings is 1. The van der Waals surface area contributed by atoms with Crippen molar-refractivity contribution in [1.82, 2.24) is 0 Å². The van der Waals surface area contributed by atoms with Gasteiger partial charge in [-0.25, -0.2) is 4.79 Å². The Kier molecular flexibility index (Phi) is 6.52. The fraction of sp³-hybridized carbons (Fsp3) is 0.364. The van der Waals surface area contributed by atoms with E-state index in [2.05, 4.69) is 4.74 Å². The summed E-state index contributed by atoms with van der Waals surface area (Å²) < 4.78 is 31.4. The first kappa shape index (κ1) is 17.1. The number of carbonyl (C=O) groups is 1. The first-order valence-electron chi connectivity index (χ1n) is 4.95. The molecule has 0 spiro atoms. The van der Waals surface area contributed by atoms with Crippen LogP contribution in [0.15, 0.2) is 24.3 Å². The molecule has 3 nitrogen and oxygen atoms in total. The molecule has 0 saturated carbocycles. The summed E-state index contributed by atoms with van der Waals surface area (Å²) in [5.74, 6) is -5.38. The highest BCUT2D eigenvalue weighted by atomic mass is 35.5. The van der Waals surface area contributed by atoms with E-state index in [0.717, 1.165) is 0 Å². The Hall–Kier alpha value is -0.910. The Morgan fingerprint density at radius 1 is 1.44 bits per heavy atom. The Balaban J connectivity index is 0.00000289. The molecule has 0 amide bonds. The monoisotopic (exact) mass is 299 g/mol. The van der Waals surface area contributed by atoms with E-state index in [1.165, 1.54) is 31.2 Å². The van der Waals surface area contributed by atoms with Crippen LogP contribution in [0, 0.1) is 0 Å². The van der Waals surface area contributed by atoms with Crippen LogP contribution in [-0.2, 0) is 9.53 Å². The number of hydrogen-bond acceptors (Lipinski definition) is 3. The van der Waals surface area contributed by atoms with Crippen molar-refractivity contribution in [3.8, 4) is 0 Å². The van der Waals surface area contributed by atoms with E-state index in [0.29, 0.717) is 5.02 Å². The first-order valence-corrected chi connectivity index (χ1v) is 5.33. The number of rotatable bonds is 4. The smallest absolute Gasteiger partial charge is 0.379 e. The van der Waals surface area contributed by atoms with E-state index in [1.807, 2.05) is 0 Å². The lowest BCUT2D eigenvalue weighted by Crippen LogP contribution is -2.41. The normalized spacial score (nSPS) is 12.5. The fourth-order valence-corrected chi connectivity index (χ4v) is 1.36. The minimum Gasteiger partial charge on any atom is -0.462 e. The molecule has 0 bridgehead atoms. The molecule has 0 heterocycles. The molecule has 0 aliphatic rings. The highest BCUT2D eigenvalue weighted by Crippen LogP contribution is 2.31. The van der Waals surface area contributed by atoms with Crippen LogP contribution in [0.3, 0.4) is 0 Å². The summed E-state index contributed by atoms with van der Waals surface area (Å²) in [6, 6.07) is 3.80. The topological polar surface area (TPSA) is 52.3 Å². The van der Waals surface area contributed by atoms with Gasteiger partial charge in [0.25, 0.3) is 0 Å². The van der Waals surface area contributed by atoms with Crippen LogP contribution in [0.2, 0.25) is 5.02 Å². The van der Waals surface area contributed by atoms with E-state index in [1.54, 1.807) is 0 Å². The number of halogens is 4. The Morgan fingerprint density at radius 2 is 1.94 bits per heavy atom. The largest absolute Gasteiger partial charge is 0.462 e. The number of hydrogen-bond donors (Lipinski definition) is 1. The third-order valence-corrected chi connectivity index (χ3v) is 2.42. The SMILES string of the molecule is CCOC(=O)C(F)(F)[C@H](N)c1ccc(Cl)cc1.Cl. The van der Waals surface area contributed by atoms with Crippen molar-refractivity contribution in [3.05, 3.63) is 34.9 Å². The molecule has 102 valence electrons. The Labute approximate surface area is 115 Å². The summed E-state index contributed by atoms with van der Waals surface area (Å²) in [5, 5.41) is 0.403. The lowest BCUT2D eigenvalue weighted by atomic mass is 10.0. The molecule has 0 unspecified atom stereocenters. The van der Waals surface area contributed by atoms with Gasteiger partial charge in [0, 0.05) is 5.02 Å². The zero-order chi connectivity index (χ0) is 13.1. The maximum absolute atomic E-state index is 13.6. The van der Waals surface area contributed by atoms with Gasteiger partial charge >= 0.3 is 11.9 Å². The van der Waals surface area contributed by atoms with Gasteiger partial charge < -0.3 is 10.5 Å². The van der Waals surface area contributed by atoms with Crippen molar-refractivity contribution >= 4 is 30.0 Å². The van der Waals surface area contributed by atoms with E-state index in [9.17, 15) is 13.6 Å². The first-order chi connectivity index (χ1) is 7.89. The fourth-order valence-electron chi connectivity index (χ4n) is 1.23. The zero-order valence-electron chi connectivity index (χ0n) is 9.53. The van der Waals surface area contributed by atoms with Crippen molar-refractivity contribution in [2.75, 3.05) is 6.61 Å². The van der Waals surface area contributed by atoms with Crippen LogP contribution in [0.1, 0.15) is 18.5 Å². The third kappa shape index (κ3) is 3.80. The summed E-state index contributed by atoms with van der Waals surface area (Å²) in [7, 11) is 0. The molecule has 18 heavy (non-hydrogen) atoms. The van der Waals surface area contributed by atoms with Crippen LogP contribution in [0.5, 0.6) is 0 Å². The molecule has 0 aliphatic heterocycles. The van der Waals surface area contributed by atoms with Gasteiger partial charge in [-0.3, -0.25) is 0 Å². The van der Waals surface area contributed by atoms with Crippen LogP contribution < -0.4 is 5.73 Å². The van der Waals surface area contributed by atoms with E-state index in [4.69, 9.17) is 17.3 Å². The van der Waals surface area contributed by atoms with Crippen molar-refractivity contribution in [2.45, 2.75) is 18.9 Å². The Bertz CT molecular complexity index is 399. The van der Waals surface area contributed by atoms with Crippen LogP contribution in [0.4, 0.5) is 8.78 Å². The number of nitrogens with two attached hydrogens (primary N) is 1. The molecule has 1 rings (SSSR count). The molecular weight excluding hydrogens is 287 g/mol. The highest BCUT2D eigenvalue weighted by Gasteiger charge is 2.47. The summed E-state index contributed by atoms with van der Waals surface area (Å²) >= 11 is 5.62. The van der Waals surface area contributed by atoms with E-state index < -0.39 is 17.9 Å². The quantitative estimate of drug-likeness (QED) is 0.870. The predicted octanol–water partition coefficient (Wildman–Crippen LogP) is 2.96. The van der Waals surface area contributed by atoms with Crippen molar-refractivity contribution in [3.63, 3.8) is 0 Å². The summed E-state index contributed by atoms with van der Waals surface area (Å²) in [6.45, 7) is 1.32. The Morgan fingerprint density at radius 3 is 2.39 bits per heavy atom. The molecular formula is C11H13Cl2F2NO2. The molecule has 2 N–H and O–H groups in total. The summed E-state index contributed by atoms with van der Waals surface area (Å²) in [6.07, 6.45) is 0. The van der Waals surface area contributed by atoms with Gasteiger partial charge in [0.2, 0.25) is 0 Å². The van der Waals surface area contributed by atoms with Gasteiger partial charge in [-0.15, -0.1) is 12.4 Å². The van der Waals surface area contributed by atoms with Crippen molar-refractivity contribution in [2.24, 2.45) is 5.73 Å². The maximum atomic E-state index is 13.6. The molecule has 1 aromatic carbocycles. The van der Waals surface area contributed by atoms with Crippen LogP contribution >= 0.6 is 24.0 Å². The molecule has 0 aromatic heterocycles. The minimum absolute atomic E-state index is 0. The highest BCUT2D eigenvalue weighted by molar-refractivity contribution is 6.30. The van der Waals surface area contributed by atoms with Gasteiger partial charge in [-0.2, -0.15) is 8.78 Å². The lowest BCUT2D eigenvalue weighted by Gasteiger charge is -2.21. The molecule has 0 fully saturated rings. The van der Waals surface area contributed by atoms with Gasteiger partial charge in [0.1, 0.15) is 6.04 Å². The summed E-state index contributed by atoms with van der Waals surface area (Å²) in [5.41, 5.74) is 5.48. The molecule has 0 radical (unpaired) electrons. The third-order valence-electron chi connectivity index (χ3n) is 2.17. The van der Waals surface area contributed by atoms with Crippen molar-refractivity contribution in [1.29, 1.82) is 0 Å².